The van der Waals surface area contributed by atoms with Gasteiger partial charge in [0.25, 0.3) is 0 Å². The predicted molar refractivity (Wildman–Crippen MR) is 114 cm³/mol. The summed E-state index contributed by atoms with van der Waals surface area (Å²) < 4.78 is 0. The first kappa shape index (κ1) is 24.3. The quantitative estimate of drug-likeness (QED) is 0.197. The first-order valence-corrected chi connectivity index (χ1v) is 9.82. The molecule has 0 fully saturated rings. The van der Waals surface area contributed by atoms with Crippen LogP contribution >= 0.6 is 0 Å². The topological polar surface area (TPSA) is 209 Å². The number of aromatic nitrogens is 1. The van der Waals surface area contributed by atoms with E-state index in [4.69, 9.17) is 16.6 Å². The van der Waals surface area contributed by atoms with E-state index in [-0.39, 0.29) is 19.3 Å². The molecule has 2 rings (SSSR count). The number of carbonyl (C=O) groups excluding carboxylic acids is 4. The molecule has 1 aromatic carbocycles. The van der Waals surface area contributed by atoms with E-state index in [0.717, 1.165) is 16.5 Å². The Morgan fingerprint density at radius 1 is 1.03 bits per heavy atom. The van der Waals surface area contributed by atoms with Crippen molar-refractivity contribution in [1.29, 1.82) is 0 Å². The lowest BCUT2D eigenvalue weighted by molar-refractivity contribution is -0.142. The molecule has 32 heavy (non-hydrogen) atoms. The molecule has 9 N–H and O–H groups in total. The third-order valence-corrected chi connectivity index (χ3v) is 4.63. The monoisotopic (exact) mass is 446 g/mol. The molecule has 2 atom stereocenters. The van der Waals surface area contributed by atoms with Crippen molar-refractivity contribution in [2.24, 2.45) is 11.5 Å². The molecule has 0 saturated heterocycles. The van der Waals surface area contributed by atoms with Crippen LogP contribution in [0.1, 0.15) is 18.4 Å². The van der Waals surface area contributed by atoms with Gasteiger partial charge in [0.15, 0.2) is 0 Å². The molecular weight excluding hydrogens is 420 g/mol. The normalized spacial score (nSPS) is 12.5. The van der Waals surface area contributed by atoms with E-state index in [1.807, 2.05) is 24.3 Å². The Balaban J connectivity index is 1.73. The van der Waals surface area contributed by atoms with E-state index >= 15 is 0 Å². The third kappa shape index (κ3) is 7.40. The van der Waals surface area contributed by atoms with Gasteiger partial charge in [-0.05, 0) is 24.5 Å². The Morgan fingerprint density at radius 3 is 2.41 bits per heavy atom. The zero-order valence-electron chi connectivity index (χ0n) is 17.2. The largest absolute Gasteiger partial charge is 0.480 e. The highest BCUT2D eigenvalue weighted by molar-refractivity contribution is 5.91. The lowest BCUT2D eigenvalue weighted by Gasteiger charge is -2.14. The maximum absolute atomic E-state index is 12.2. The minimum atomic E-state index is -1.33. The molecule has 172 valence electrons. The van der Waals surface area contributed by atoms with Gasteiger partial charge in [0.1, 0.15) is 6.04 Å². The van der Waals surface area contributed by atoms with Crippen molar-refractivity contribution in [2.45, 2.75) is 31.3 Å². The molecular formula is C20H26N6O6. The number of rotatable bonds is 12. The second-order valence-electron chi connectivity index (χ2n) is 7.13. The van der Waals surface area contributed by atoms with Gasteiger partial charge < -0.3 is 37.5 Å². The van der Waals surface area contributed by atoms with Gasteiger partial charge in [-0.3, -0.25) is 19.2 Å². The van der Waals surface area contributed by atoms with Crippen LogP contribution in [-0.4, -0.2) is 64.9 Å². The molecule has 0 radical (unpaired) electrons. The van der Waals surface area contributed by atoms with Crippen molar-refractivity contribution in [2.75, 3.05) is 13.1 Å². The van der Waals surface area contributed by atoms with Crippen molar-refractivity contribution in [3.8, 4) is 0 Å². The zero-order chi connectivity index (χ0) is 23.7. The second kappa shape index (κ2) is 11.5. The predicted octanol–water partition coefficient (Wildman–Crippen LogP) is -1.89. The van der Waals surface area contributed by atoms with Gasteiger partial charge in [0.05, 0.1) is 19.1 Å². The van der Waals surface area contributed by atoms with E-state index in [1.54, 1.807) is 6.20 Å². The number of benzene rings is 1. The first-order valence-electron chi connectivity index (χ1n) is 9.82. The fourth-order valence-electron chi connectivity index (χ4n) is 2.96. The van der Waals surface area contributed by atoms with Crippen molar-refractivity contribution in [3.05, 3.63) is 36.0 Å². The van der Waals surface area contributed by atoms with Gasteiger partial charge in [-0.2, -0.15) is 0 Å². The number of carbonyl (C=O) groups is 5. The molecule has 12 nitrogen and oxygen atoms in total. The lowest BCUT2D eigenvalue weighted by atomic mass is 10.1. The molecule has 2 aromatic rings. The summed E-state index contributed by atoms with van der Waals surface area (Å²) in [5.41, 5.74) is 12.7. The number of carboxylic acids is 1. The molecule has 2 unspecified atom stereocenters. The van der Waals surface area contributed by atoms with Crippen molar-refractivity contribution in [3.63, 3.8) is 0 Å². The molecule has 1 heterocycles. The highest BCUT2D eigenvalue weighted by Crippen LogP contribution is 2.18. The molecule has 12 heteroatoms. The lowest BCUT2D eigenvalue weighted by Crippen LogP contribution is -2.49. The molecule has 4 amide bonds. The summed E-state index contributed by atoms with van der Waals surface area (Å²) in [7, 11) is 0. The molecule has 0 aliphatic carbocycles. The van der Waals surface area contributed by atoms with E-state index in [9.17, 15) is 24.0 Å². The van der Waals surface area contributed by atoms with Gasteiger partial charge >= 0.3 is 5.97 Å². The molecule has 0 spiro atoms. The van der Waals surface area contributed by atoms with Crippen LogP contribution in [0.25, 0.3) is 10.9 Å². The summed E-state index contributed by atoms with van der Waals surface area (Å²) in [6.07, 6.45) is 1.65. The Hall–Kier alpha value is -3.93. The summed E-state index contributed by atoms with van der Waals surface area (Å²) in [5.74, 6) is -3.98. The minimum Gasteiger partial charge on any atom is -0.480 e. The number of nitrogens with two attached hydrogens (primary N) is 2. The van der Waals surface area contributed by atoms with Crippen LogP contribution < -0.4 is 27.4 Å². The van der Waals surface area contributed by atoms with Crippen LogP contribution in [0.2, 0.25) is 0 Å². The van der Waals surface area contributed by atoms with E-state index in [0.29, 0.717) is 0 Å². The maximum Gasteiger partial charge on any atom is 0.326 e. The highest BCUT2D eigenvalue weighted by atomic mass is 16.4. The number of hydrogen-bond donors (Lipinski definition) is 7. The van der Waals surface area contributed by atoms with Gasteiger partial charge in [0.2, 0.25) is 23.6 Å². The average molecular weight is 446 g/mol. The molecule has 0 saturated carbocycles. The number of aromatic amines is 1. The standard InChI is InChI=1S/C20H26N6O6/c21-13(7-11-8-23-14-4-2-1-3-12(11)14)19(30)25-9-17(28)24-10-18(29)26-15(20(31)32)5-6-16(22)27/h1-4,8,13,15,23H,5-7,9-10,21H2,(H2,22,27)(H,24,28)(H,25,30)(H,26,29)(H,31,32). The van der Waals surface area contributed by atoms with Gasteiger partial charge in [-0.15, -0.1) is 0 Å². The van der Waals surface area contributed by atoms with Crippen LogP contribution in [0.4, 0.5) is 0 Å². The van der Waals surface area contributed by atoms with Crippen LogP contribution in [-0.2, 0) is 30.4 Å². The third-order valence-electron chi connectivity index (χ3n) is 4.63. The molecule has 0 bridgehead atoms. The number of primary amides is 1. The number of hydrogen-bond acceptors (Lipinski definition) is 6. The van der Waals surface area contributed by atoms with Crippen LogP contribution in [0.5, 0.6) is 0 Å². The number of H-pyrrole nitrogens is 1. The van der Waals surface area contributed by atoms with Crippen molar-refractivity contribution in [1.82, 2.24) is 20.9 Å². The number of fused-ring (bicyclic) bond motifs is 1. The van der Waals surface area contributed by atoms with Gasteiger partial charge in [0, 0.05) is 23.5 Å². The summed E-state index contributed by atoms with van der Waals surface area (Å²) in [5, 5.41) is 16.8. The van der Waals surface area contributed by atoms with Gasteiger partial charge in [-0.1, -0.05) is 18.2 Å². The summed E-state index contributed by atoms with van der Waals surface area (Å²) in [4.78, 5) is 60.8. The number of amides is 4. The van der Waals surface area contributed by atoms with E-state index < -0.39 is 54.8 Å². The number of para-hydroxylation sites is 1. The fourth-order valence-corrected chi connectivity index (χ4v) is 2.96. The average Bonchev–Trinajstić information content (AvgIpc) is 3.15. The van der Waals surface area contributed by atoms with E-state index in [2.05, 4.69) is 20.9 Å². The molecule has 0 aliphatic heterocycles. The fraction of sp³-hybridized carbons (Fsp3) is 0.350. The summed E-state index contributed by atoms with van der Waals surface area (Å²) >= 11 is 0. The zero-order valence-corrected chi connectivity index (χ0v) is 17.2. The van der Waals surface area contributed by atoms with Crippen LogP contribution in [0, 0.1) is 0 Å². The number of carboxylic acid groups (broad SMARTS) is 1. The SMILES string of the molecule is NC(=O)CCC(NC(=O)CNC(=O)CNC(=O)C(N)Cc1c[nH]c2ccccc12)C(=O)O. The second-order valence-corrected chi connectivity index (χ2v) is 7.13. The van der Waals surface area contributed by atoms with Crippen LogP contribution in [0.3, 0.4) is 0 Å². The van der Waals surface area contributed by atoms with Crippen molar-refractivity contribution < 1.29 is 29.1 Å². The molecule has 0 aliphatic rings. The maximum atomic E-state index is 12.2. The van der Waals surface area contributed by atoms with Crippen LogP contribution in [0.15, 0.2) is 30.5 Å². The van der Waals surface area contributed by atoms with Crippen molar-refractivity contribution >= 4 is 40.5 Å². The Kier molecular flexibility index (Phi) is 8.72. The summed E-state index contributed by atoms with van der Waals surface area (Å²) in [6.45, 7) is -0.909. The highest BCUT2D eigenvalue weighted by Gasteiger charge is 2.21. The first-order chi connectivity index (χ1) is 15.2. The minimum absolute atomic E-state index is 0.172. The van der Waals surface area contributed by atoms with E-state index in [1.165, 1.54) is 0 Å². The molecule has 1 aromatic heterocycles. The summed E-state index contributed by atoms with van der Waals surface area (Å²) in [6, 6.07) is 5.38. The number of aliphatic carboxylic acids is 1. The smallest absolute Gasteiger partial charge is 0.326 e. The Bertz CT molecular complexity index is 1000. The Morgan fingerprint density at radius 2 is 1.72 bits per heavy atom. The number of nitrogens with one attached hydrogen (secondary N) is 4. The Labute approximate surface area is 183 Å². The van der Waals surface area contributed by atoms with Gasteiger partial charge in [-0.25, -0.2) is 4.79 Å².